The molecule has 1 N–H and O–H groups in total. The minimum Gasteiger partial charge on any atom is -0.349 e. The second-order valence-electron chi connectivity index (χ2n) is 7.55. The van der Waals surface area contributed by atoms with Crippen LogP contribution < -0.4 is 5.32 Å². The van der Waals surface area contributed by atoms with Crippen LogP contribution in [-0.2, 0) is 11.3 Å². The van der Waals surface area contributed by atoms with Crippen LogP contribution in [0.15, 0.2) is 48.5 Å². The summed E-state index contributed by atoms with van der Waals surface area (Å²) in [7, 11) is 0. The predicted octanol–water partition coefficient (Wildman–Crippen LogP) is 5.13. The summed E-state index contributed by atoms with van der Waals surface area (Å²) in [4.78, 5) is 15.3. The summed E-state index contributed by atoms with van der Waals surface area (Å²) in [6.45, 7) is 6.82. The number of nitrogens with zero attached hydrogens (tertiary/aromatic N) is 1. The number of halogens is 1. The van der Waals surface area contributed by atoms with Crippen LogP contribution in [0.3, 0.4) is 0 Å². The van der Waals surface area contributed by atoms with Gasteiger partial charge in [0.25, 0.3) is 0 Å². The fraction of sp³-hybridized carbons (Fsp3) is 0.435. The predicted molar refractivity (Wildman–Crippen MR) is 112 cm³/mol. The summed E-state index contributed by atoms with van der Waals surface area (Å²) < 4.78 is 0. The van der Waals surface area contributed by atoms with Crippen LogP contribution in [-0.4, -0.2) is 23.9 Å². The van der Waals surface area contributed by atoms with Crippen molar-refractivity contribution in [2.24, 2.45) is 5.92 Å². The molecule has 3 nitrogen and oxygen atoms in total. The van der Waals surface area contributed by atoms with E-state index in [0.29, 0.717) is 0 Å². The number of amides is 1. The highest BCUT2D eigenvalue weighted by Crippen LogP contribution is 2.24. The number of nitrogens with one attached hydrogen (secondary N) is 1. The standard InChI is InChI=1S/C23H29ClN2O/c1-3-22(18-12-10-17(2)11-13-18)25-23(27)20-8-6-14-26(16-20)15-19-7-4-5-9-21(19)24/h4-5,7,9-13,20,22H,3,6,8,14-16H2,1-2H3,(H,25,27)/t20-,22+/m1/s1. The molecule has 1 aliphatic heterocycles. The highest BCUT2D eigenvalue weighted by Gasteiger charge is 2.27. The number of hydrogen-bond donors (Lipinski definition) is 1. The first-order valence-electron chi connectivity index (χ1n) is 9.89. The van der Waals surface area contributed by atoms with Crippen molar-refractivity contribution >= 4 is 17.5 Å². The lowest BCUT2D eigenvalue weighted by molar-refractivity contribution is -0.127. The Kier molecular flexibility index (Phi) is 6.92. The number of rotatable bonds is 6. The summed E-state index contributed by atoms with van der Waals surface area (Å²) in [5.41, 5.74) is 3.55. The van der Waals surface area contributed by atoms with Crippen molar-refractivity contribution in [3.63, 3.8) is 0 Å². The van der Waals surface area contributed by atoms with Gasteiger partial charge in [0.1, 0.15) is 0 Å². The van der Waals surface area contributed by atoms with Crippen molar-refractivity contribution in [1.29, 1.82) is 0 Å². The highest BCUT2D eigenvalue weighted by atomic mass is 35.5. The third-order valence-corrected chi connectivity index (χ3v) is 5.80. The molecule has 0 unspecified atom stereocenters. The highest BCUT2D eigenvalue weighted by molar-refractivity contribution is 6.31. The summed E-state index contributed by atoms with van der Waals surface area (Å²) in [5, 5.41) is 4.08. The second kappa shape index (κ2) is 9.38. The van der Waals surface area contributed by atoms with Gasteiger partial charge in [-0.15, -0.1) is 0 Å². The Morgan fingerprint density at radius 3 is 2.67 bits per heavy atom. The topological polar surface area (TPSA) is 32.3 Å². The lowest BCUT2D eigenvalue weighted by Gasteiger charge is -2.33. The van der Waals surface area contributed by atoms with E-state index in [4.69, 9.17) is 11.6 Å². The first-order chi connectivity index (χ1) is 13.1. The Hall–Kier alpha value is -1.84. The third-order valence-electron chi connectivity index (χ3n) is 5.43. The first-order valence-corrected chi connectivity index (χ1v) is 10.3. The molecule has 1 aliphatic rings. The molecule has 1 fully saturated rings. The van der Waals surface area contributed by atoms with E-state index >= 15 is 0 Å². The second-order valence-corrected chi connectivity index (χ2v) is 7.95. The minimum absolute atomic E-state index is 0.0423. The summed E-state index contributed by atoms with van der Waals surface area (Å²) in [6.07, 6.45) is 2.89. The van der Waals surface area contributed by atoms with Gasteiger partial charge in [0.2, 0.25) is 5.91 Å². The van der Waals surface area contributed by atoms with E-state index < -0.39 is 0 Å². The van der Waals surface area contributed by atoms with Crippen LogP contribution in [0.5, 0.6) is 0 Å². The van der Waals surface area contributed by atoms with Gasteiger partial charge in [0.15, 0.2) is 0 Å². The number of likely N-dealkylation sites (tertiary alicyclic amines) is 1. The molecule has 1 heterocycles. The number of carbonyl (C=O) groups is 1. The number of piperidine rings is 1. The van der Waals surface area contributed by atoms with Crippen LogP contribution in [0.1, 0.15) is 48.9 Å². The molecule has 1 amide bonds. The first kappa shape index (κ1) is 19.9. The lowest BCUT2D eigenvalue weighted by Crippen LogP contribution is -2.43. The Bertz CT molecular complexity index is 759. The minimum atomic E-state index is 0.0423. The smallest absolute Gasteiger partial charge is 0.224 e. The van der Waals surface area contributed by atoms with Gasteiger partial charge in [-0.25, -0.2) is 0 Å². The van der Waals surface area contributed by atoms with Crippen LogP contribution in [0.25, 0.3) is 0 Å². The van der Waals surface area contributed by atoms with E-state index in [1.807, 2.05) is 18.2 Å². The summed E-state index contributed by atoms with van der Waals surface area (Å²) in [5.74, 6) is 0.215. The Balaban J connectivity index is 1.60. The van der Waals surface area contributed by atoms with Crippen molar-refractivity contribution in [2.75, 3.05) is 13.1 Å². The number of hydrogen-bond acceptors (Lipinski definition) is 2. The maximum atomic E-state index is 12.9. The van der Waals surface area contributed by atoms with E-state index in [1.54, 1.807) is 0 Å². The fourth-order valence-electron chi connectivity index (χ4n) is 3.79. The lowest BCUT2D eigenvalue weighted by atomic mass is 9.95. The van der Waals surface area contributed by atoms with E-state index in [0.717, 1.165) is 49.5 Å². The Labute approximate surface area is 167 Å². The van der Waals surface area contributed by atoms with Crippen molar-refractivity contribution < 1.29 is 4.79 Å². The molecular formula is C23H29ClN2O. The van der Waals surface area contributed by atoms with Crippen molar-refractivity contribution in [3.05, 3.63) is 70.2 Å². The SMILES string of the molecule is CC[C@H](NC(=O)[C@@H]1CCCN(Cc2ccccc2Cl)C1)c1ccc(C)cc1. The van der Waals surface area contributed by atoms with Crippen molar-refractivity contribution in [1.82, 2.24) is 10.2 Å². The quantitative estimate of drug-likeness (QED) is 0.748. The van der Waals surface area contributed by atoms with Gasteiger partial charge in [0, 0.05) is 18.1 Å². The average Bonchev–Trinajstić information content (AvgIpc) is 2.69. The Morgan fingerprint density at radius 2 is 1.96 bits per heavy atom. The molecule has 144 valence electrons. The molecule has 2 atom stereocenters. The van der Waals surface area contributed by atoms with Gasteiger partial charge >= 0.3 is 0 Å². The fourth-order valence-corrected chi connectivity index (χ4v) is 3.99. The Morgan fingerprint density at radius 1 is 1.22 bits per heavy atom. The zero-order valence-electron chi connectivity index (χ0n) is 16.2. The van der Waals surface area contributed by atoms with Gasteiger partial charge in [-0.2, -0.15) is 0 Å². The number of carbonyl (C=O) groups excluding carboxylic acids is 1. The van der Waals surface area contributed by atoms with E-state index in [2.05, 4.69) is 54.4 Å². The van der Waals surface area contributed by atoms with Gasteiger partial charge < -0.3 is 5.32 Å². The molecule has 0 radical (unpaired) electrons. The average molecular weight is 385 g/mol. The molecule has 27 heavy (non-hydrogen) atoms. The normalized spacial score (nSPS) is 18.9. The van der Waals surface area contributed by atoms with Crippen LogP contribution in [0, 0.1) is 12.8 Å². The van der Waals surface area contributed by atoms with E-state index in [-0.39, 0.29) is 17.9 Å². The third kappa shape index (κ3) is 5.33. The van der Waals surface area contributed by atoms with Crippen molar-refractivity contribution in [3.8, 4) is 0 Å². The van der Waals surface area contributed by atoms with Crippen LogP contribution in [0.4, 0.5) is 0 Å². The molecular weight excluding hydrogens is 356 g/mol. The molecule has 0 aliphatic carbocycles. The monoisotopic (exact) mass is 384 g/mol. The molecule has 3 rings (SSSR count). The number of aryl methyl sites for hydroxylation is 1. The summed E-state index contributed by atoms with van der Waals surface area (Å²) >= 11 is 6.30. The van der Waals surface area contributed by atoms with Gasteiger partial charge in [-0.3, -0.25) is 9.69 Å². The van der Waals surface area contributed by atoms with E-state index in [1.165, 1.54) is 11.1 Å². The maximum Gasteiger partial charge on any atom is 0.224 e. The molecule has 0 bridgehead atoms. The molecule has 2 aromatic carbocycles. The summed E-state index contributed by atoms with van der Waals surface area (Å²) in [6, 6.07) is 16.5. The molecule has 0 aromatic heterocycles. The zero-order chi connectivity index (χ0) is 19.2. The number of benzene rings is 2. The largest absolute Gasteiger partial charge is 0.349 e. The van der Waals surface area contributed by atoms with E-state index in [9.17, 15) is 4.79 Å². The molecule has 0 spiro atoms. The van der Waals surface area contributed by atoms with Gasteiger partial charge in [-0.1, -0.05) is 66.6 Å². The van der Waals surface area contributed by atoms with Crippen LogP contribution >= 0.6 is 11.6 Å². The van der Waals surface area contributed by atoms with Gasteiger partial charge in [0.05, 0.1) is 12.0 Å². The van der Waals surface area contributed by atoms with Crippen LogP contribution in [0.2, 0.25) is 5.02 Å². The molecule has 0 saturated carbocycles. The molecule has 4 heteroatoms. The maximum absolute atomic E-state index is 12.9. The zero-order valence-corrected chi connectivity index (χ0v) is 17.0. The molecule has 2 aromatic rings. The molecule has 1 saturated heterocycles. The van der Waals surface area contributed by atoms with Crippen molar-refractivity contribution in [2.45, 2.75) is 45.7 Å². The van der Waals surface area contributed by atoms with Gasteiger partial charge in [-0.05, 0) is 49.9 Å².